The van der Waals surface area contributed by atoms with Gasteiger partial charge in [0, 0.05) is 31.5 Å². The van der Waals surface area contributed by atoms with Gasteiger partial charge in [-0.15, -0.1) is 0 Å². The standard InChI is InChI=1S/C10H17NO2/c1-7(12)6-11-8-2-3-9(11)5-10(13)4-8/h7-9,12H,2-6H2,1H3. The molecule has 2 bridgehead atoms. The first kappa shape index (κ1) is 9.16. The van der Waals surface area contributed by atoms with E-state index in [9.17, 15) is 9.90 Å². The Morgan fingerprint density at radius 1 is 1.46 bits per heavy atom. The molecule has 1 N–H and O–H groups in total. The van der Waals surface area contributed by atoms with Gasteiger partial charge in [-0.3, -0.25) is 9.69 Å². The van der Waals surface area contributed by atoms with Crippen molar-refractivity contribution in [2.75, 3.05) is 6.54 Å². The van der Waals surface area contributed by atoms with E-state index in [2.05, 4.69) is 4.90 Å². The van der Waals surface area contributed by atoms with Gasteiger partial charge in [0.05, 0.1) is 6.10 Å². The summed E-state index contributed by atoms with van der Waals surface area (Å²) in [5.74, 6) is 0.411. The molecule has 2 aliphatic rings. The average Bonchev–Trinajstić information content (AvgIpc) is 2.32. The van der Waals surface area contributed by atoms with Crippen LogP contribution in [0.25, 0.3) is 0 Å². The number of fused-ring (bicyclic) bond motifs is 2. The van der Waals surface area contributed by atoms with E-state index in [0.29, 0.717) is 30.7 Å². The molecule has 0 aliphatic carbocycles. The van der Waals surface area contributed by atoms with Gasteiger partial charge in [0.25, 0.3) is 0 Å². The predicted octanol–water partition coefficient (Wildman–Crippen LogP) is 0.563. The van der Waals surface area contributed by atoms with Crippen molar-refractivity contribution in [1.29, 1.82) is 0 Å². The molecular formula is C10H17NO2. The van der Waals surface area contributed by atoms with Gasteiger partial charge >= 0.3 is 0 Å². The third kappa shape index (κ3) is 1.76. The summed E-state index contributed by atoms with van der Waals surface area (Å²) in [4.78, 5) is 13.6. The van der Waals surface area contributed by atoms with E-state index in [1.165, 1.54) is 0 Å². The summed E-state index contributed by atoms with van der Waals surface area (Å²) in [5, 5.41) is 9.31. The van der Waals surface area contributed by atoms with Gasteiger partial charge in [0.15, 0.2) is 0 Å². The number of rotatable bonds is 2. The smallest absolute Gasteiger partial charge is 0.136 e. The van der Waals surface area contributed by atoms with Gasteiger partial charge < -0.3 is 5.11 Å². The van der Waals surface area contributed by atoms with Crippen LogP contribution < -0.4 is 0 Å². The van der Waals surface area contributed by atoms with Crippen LogP contribution in [0.5, 0.6) is 0 Å². The number of Topliss-reactive ketones (excluding diaryl/α,β-unsaturated/α-hetero) is 1. The normalized spacial score (nSPS) is 36.6. The molecule has 3 nitrogen and oxygen atoms in total. The summed E-state index contributed by atoms with van der Waals surface area (Å²) in [5.41, 5.74) is 0. The second kappa shape index (κ2) is 3.39. The molecule has 2 fully saturated rings. The molecule has 0 aromatic carbocycles. The third-order valence-corrected chi connectivity index (χ3v) is 3.17. The van der Waals surface area contributed by atoms with Crippen LogP contribution in [0.4, 0.5) is 0 Å². The van der Waals surface area contributed by atoms with Crippen LogP contribution in [0.1, 0.15) is 32.6 Å². The lowest BCUT2D eigenvalue weighted by Gasteiger charge is -2.34. The molecule has 3 unspecified atom stereocenters. The molecule has 74 valence electrons. The van der Waals surface area contributed by atoms with Crippen LogP contribution in [-0.2, 0) is 4.79 Å². The van der Waals surface area contributed by atoms with E-state index in [4.69, 9.17) is 0 Å². The van der Waals surface area contributed by atoms with Crippen LogP contribution in [0.15, 0.2) is 0 Å². The Labute approximate surface area is 78.7 Å². The van der Waals surface area contributed by atoms with Crippen molar-refractivity contribution >= 4 is 5.78 Å². The van der Waals surface area contributed by atoms with E-state index in [-0.39, 0.29) is 6.10 Å². The van der Waals surface area contributed by atoms with Crippen LogP contribution in [0, 0.1) is 0 Å². The van der Waals surface area contributed by atoms with E-state index in [0.717, 1.165) is 19.4 Å². The lowest BCUT2D eigenvalue weighted by atomic mass is 10.0. The first-order valence-corrected chi connectivity index (χ1v) is 5.12. The number of aliphatic hydroxyl groups is 1. The molecule has 0 amide bonds. The Kier molecular flexibility index (Phi) is 2.39. The molecular weight excluding hydrogens is 166 g/mol. The molecule has 0 spiro atoms. The van der Waals surface area contributed by atoms with Crippen molar-refractivity contribution in [3.63, 3.8) is 0 Å². The minimum absolute atomic E-state index is 0.267. The Bertz CT molecular complexity index is 199. The summed E-state index contributed by atoms with van der Waals surface area (Å²) in [6.07, 6.45) is 3.44. The van der Waals surface area contributed by atoms with Crippen LogP contribution in [0.3, 0.4) is 0 Å². The number of carbonyl (C=O) groups excluding carboxylic acids is 1. The molecule has 2 heterocycles. The first-order valence-electron chi connectivity index (χ1n) is 5.12. The van der Waals surface area contributed by atoms with E-state index in [1.54, 1.807) is 0 Å². The number of nitrogens with zero attached hydrogens (tertiary/aromatic N) is 1. The maximum atomic E-state index is 11.3. The molecule has 2 rings (SSSR count). The van der Waals surface area contributed by atoms with Crippen molar-refractivity contribution in [3.05, 3.63) is 0 Å². The Balaban J connectivity index is 2.02. The summed E-state index contributed by atoms with van der Waals surface area (Å²) < 4.78 is 0. The van der Waals surface area contributed by atoms with Crippen molar-refractivity contribution in [3.8, 4) is 0 Å². The van der Waals surface area contributed by atoms with Crippen LogP contribution in [-0.4, -0.2) is 40.5 Å². The largest absolute Gasteiger partial charge is 0.392 e. The highest BCUT2D eigenvalue weighted by molar-refractivity contribution is 5.80. The summed E-state index contributed by atoms with van der Waals surface area (Å²) >= 11 is 0. The molecule has 0 aromatic heterocycles. The minimum atomic E-state index is -0.267. The van der Waals surface area contributed by atoms with Gasteiger partial charge in [0.2, 0.25) is 0 Å². The number of ketones is 1. The fourth-order valence-electron chi connectivity index (χ4n) is 2.67. The topological polar surface area (TPSA) is 40.5 Å². The molecule has 13 heavy (non-hydrogen) atoms. The second-order valence-electron chi connectivity index (χ2n) is 4.38. The van der Waals surface area contributed by atoms with Gasteiger partial charge in [-0.25, -0.2) is 0 Å². The Hall–Kier alpha value is -0.410. The highest BCUT2D eigenvalue weighted by Gasteiger charge is 2.39. The zero-order valence-corrected chi connectivity index (χ0v) is 8.07. The molecule has 0 aromatic rings. The first-order chi connectivity index (χ1) is 6.16. The lowest BCUT2D eigenvalue weighted by molar-refractivity contribution is -0.124. The second-order valence-corrected chi connectivity index (χ2v) is 4.38. The van der Waals surface area contributed by atoms with Crippen LogP contribution in [0.2, 0.25) is 0 Å². The maximum Gasteiger partial charge on any atom is 0.136 e. The third-order valence-electron chi connectivity index (χ3n) is 3.17. The predicted molar refractivity (Wildman–Crippen MR) is 49.4 cm³/mol. The van der Waals surface area contributed by atoms with Crippen LogP contribution >= 0.6 is 0 Å². The highest BCUT2D eigenvalue weighted by atomic mass is 16.3. The molecule has 2 saturated heterocycles. The molecule has 0 radical (unpaired) electrons. The van der Waals surface area contributed by atoms with Crippen molar-refractivity contribution in [2.45, 2.75) is 50.8 Å². The number of hydrogen-bond acceptors (Lipinski definition) is 3. The van der Waals surface area contributed by atoms with Gasteiger partial charge in [-0.2, -0.15) is 0 Å². The number of carbonyl (C=O) groups is 1. The summed E-state index contributed by atoms with van der Waals surface area (Å²) in [6, 6.07) is 0.863. The maximum absolute atomic E-state index is 11.3. The average molecular weight is 183 g/mol. The number of aliphatic hydroxyl groups excluding tert-OH is 1. The van der Waals surface area contributed by atoms with E-state index in [1.807, 2.05) is 6.92 Å². The zero-order chi connectivity index (χ0) is 9.42. The molecule has 2 aliphatic heterocycles. The number of piperidine rings is 1. The van der Waals surface area contributed by atoms with Gasteiger partial charge in [-0.05, 0) is 19.8 Å². The quantitative estimate of drug-likeness (QED) is 0.680. The highest BCUT2D eigenvalue weighted by Crippen LogP contribution is 2.33. The van der Waals surface area contributed by atoms with Crippen molar-refractivity contribution < 1.29 is 9.90 Å². The van der Waals surface area contributed by atoms with Crippen molar-refractivity contribution in [2.24, 2.45) is 0 Å². The lowest BCUT2D eigenvalue weighted by Crippen LogP contribution is -2.46. The molecule has 0 saturated carbocycles. The molecule has 3 heteroatoms. The summed E-state index contributed by atoms with van der Waals surface area (Å²) in [7, 11) is 0. The monoisotopic (exact) mass is 183 g/mol. The van der Waals surface area contributed by atoms with E-state index >= 15 is 0 Å². The van der Waals surface area contributed by atoms with E-state index < -0.39 is 0 Å². The fraction of sp³-hybridized carbons (Fsp3) is 0.900. The molecule has 3 atom stereocenters. The number of hydrogen-bond donors (Lipinski definition) is 1. The van der Waals surface area contributed by atoms with Gasteiger partial charge in [0.1, 0.15) is 5.78 Å². The Morgan fingerprint density at radius 2 is 2.00 bits per heavy atom. The Morgan fingerprint density at radius 3 is 2.46 bits per heavy atom. The minimum Gasteiger partial charge on any atom is -0.392 e. The van der Waals surface area contributed by atoms with Crippen molar-refractivity contribution in [1.82, 2.24) is 4.90 Å². The summed E-state index contributed by atoms with van der Waals surface area (Å²) in [6.45, 7) is 2.55. The zero-order valence-electron chi connectivity index (χ0n) is 8.07. The SMILES string of the molecule is CC(O)CN1C2CCC1CC(=O)C2. The van der Waals surface area contributed by atoms with Gasteiger partial charge in [-0.1, -0.05) is 0 Å². The fourth-order valence-corrected chi connectivity index (χ4v) is 2.67.